The molecule has 0 heterocycles. The maximum Gasteiger partial charge on any atom is 0.00682 e. The van der Waals surface area contributed by atoms with Crippen LogP contribution in [0.5, 0.6) is 0 Å². The zero-order valence-electron chi connectivity index (χ0n) is 12.1. The van der Waals surface area contributed by atoms with Crippen molar-refractivity contribution in [1.82, 2.24) is 5.32 Å². The lowest BCUT2D eigenvalue weighted by Crippen LogP contribution is -2.25. The van der Waals surface area contributed by atoms with E-state index in [9.17, 15) is 0 Å². The highest BCUT2D eigenvalue weighted by atomic mass is 14.9. The van der Waals surface area contributed by atoms with Crippen LogP contribution in [-0.2, 0) is 12.8 Å². The Morgan fingerprint density at radius 1 is 1.11 bits per heavy atom. The van der Waals surface area contributed by atoms with Gasteiger partial charge in [0.15, 0.2) is 0 Å². The lowest BCUT2D eigenvalue weighted by molar-refractivity contribution is 0.325. The topological polar surface area (TPSA) is 12.0 Å². The smallest absolute Gasteiger partial charge is 0.00682 e. The minimum Gasteiger partial charge on any atom is -0.314 e. The van der Waals surface area contributed by atoms with Gasteiger partial charge in [-0.2, -0.15) is 0 Å². The second kappa shape index (κ2) is 5.88. The van der Waals surface area contributed by atoms with E-state index in [-0.39, 0.29) is 0 Å². The van der Waals surface area contributed by atoms with Gasteiger partial charge in [-0.15, -0.1) is 0 Å². The molecule has 0 saturated heterocycles. The first-order chi connectivity index (χ1) is 8.59. The van der Waals surface area contributed by atoms with Crippen molar-refractivity contribution < 1.29 is 0 Å². The Balaban J connectivity index is 1.80. The molecule has 1 N–H and O–H groups in total. The summed E-state index contributed by atoms with van der Waals surface area (Å²) in [6, 6.07) is 9.98. The molecule has 0 spiro atoms. The Hall–Kier alpha value is -0.820. The molecule has 1 aromatic carbocycles. The van der Waals surface area contributed by atoms with Crippen LogP contribution in [0.2, 0.25) is 0 Å². The van der Waals surface area contributed by atoms with Crippen LogP contribution in [0.15, 0.2) is 24.3 Å². The van der Waals surface area contributed by atoms with Crippen molar-refractivity contribution in [2.75, 3.05) is 6.54 Å². The fourth-order valence-electron chi connectivity index (χ4n) is 2.44. The van der Waals surface area contributed by atoms with Crippen LogP contribution in [0.25, 0.3) is 0 Å². The van der Waals surface area contributed by atoms with E-state index in [1.54, 1.807) is 0 Å². The summed E-state index contributed by atoms with van der Waals surface area (Å²) in [4.78, 5) is 0. The molecule has 0 aromatic heterocycles. The van der Waals surface area contributed by atoms with Gasteiger partial charge in [0.2, 0.25) is 0 Å². The molecule has 0 atom stereocenters. The number of hydrogen-bond acceptors (Lipinski definition) is 1. The summed E-state index contributed by atoms with van der Waals surface area (Å²) in [6.07, 6.45) is 6.36. The van der Waals surface area contributed by atoms with Gasteiger partial charge in [-0.1, -0.05) is 45.0 Å². The lowest BCUT2D eigenvalue weighted by atomic mass is 9.82. The average molecular weight is 245 g/mol. The van der Waals surface area contributed by atoms with Crippen molar-refractivity contribution in [3.8, 4) is 0 Å². The Bertz CT molecular complexity index is 360. The molecule has 100 valence electrons. The predicted molar refractivity (Wildman–Crippen MR) is 78.9 cm³/mol. The average Bonchev–Trinajstić information content (AvgIpc) is 3.13. The summed E-state index contributed by atoms with van der Waals surface area (Å²) < 4.78 is 0. The highest BCUT2D eigenvalue weighted by Crippen LogP contribution is 2.26. The van der Waals surface area contributed by atoms with E-state index in [0.29, 0.717) is 5.41 Å². The summed E-state index contributed by atoms with van der Waals surface area (Å²) in [6.45, 7) is 8.15. The van der Waals surface area contributed by atoms with Crippen LogP contribution >= 0.6 is 0 Å². The van der Waals surface area contributed by atoms with Crippen molar-refractivity contribution in [2.24, 2.45) is 5.41 Å². The fourth-order valence-corrected chi connectivity index (χ4v) is 2.44. The SMILES string of the molecule is CCc1ccc(CC(C)(C)CCNC2CC2)cc1. The predicted octanol–water partition coefficient (Wildman–Crippen LogP) is 3.96. The maximum absolute atomic E-state index is 3.62. The van der Waals surface area contributed by atoms with Crippen molar-refractivity contribution >= 4 is 0 Å². The van der Waals surface area contributed by atoms with Gasteiger partial charge < -0.3 is 5.32 Å². The third kappa shape index (κ3) is 4.45. The first-order valence-electron chi connectivity index (χ1n) is 7.40. The molecule has 0 amide bonds. The van der Waals surface area contributed by atoms with E-state index < -0.39 is 0 Å². The second-order valence-corrected chi connectivity index (χ2v) is 6.49. The Morgan fingerprint density at radius 3 is 2.28 bits per heavy atom. The summed E-state index contributed by atoms with van der Waals surface area (Å²) in [5.74, 6) is 0. The molecule has 1 aliphatic rings. The van der Waals surface area contributed by atoms with Crippen LogP contribution in [0.3, 0.4) is 0 Å². The molecule has 0 unspecified atom stereocenters. The molecule has 1 fully saturated rings. The van der Waals surface area contributed by atoms with Crippen LogP contribution in [-0.4, -0.2) is 12.6 Å². The van der Waals surface area contributed by atoms with Crippen molar-refractivity contribution in [2.45, 2.75) is 58.9 Å². The number of aryl methyl sites for hydroxylation is 1. The molecule has 1 aliphatic carbocycles. The molecule has 1 aromatic rings. The monoisotopic (exact) mass is 245 g/mol. The van der Waals surface area contributed by atoms with E-state index in [2.05, 4.69) is 50.4 Å². The Morgan fingerprint density at radius 2 is 1.72 bits per heavy atom. The molecule has 2 rings (SSSR count). The Labute approximate surface area is 112 Å². The standard InChI is InChI=1S/C17H27N/c1-4-14-5-7-15(8-6-14)13-17(2,3)11-12-18-16-9-10-16/h5-8,16,18H,4,9-13H2,1-3H3. The van der Waals surface area contributed by atoms with E-state index in [1.165, 1.54) is 43.4 Å². The number of rotatable bonds is 7. The van der Waals surface area contributed by atoms with Gasteiger partial charge in [0.25, 0.3) is 0 Å². The molecule has 0 radical (unpaired) electrons. The summed E-state index contributed by atoms with van der Waals surface area (Å²) in [5.41, 5.74) is 3.31. The molecule has 1 saturated carbocycles. The maximum atomic E-state index is 3.62. The molecule has 0 aliphatic heterocycles. The quantitative estimate of drug-likeness (QED) is 0.766. The summed E-state index contributed by atoms with van der Waals surface area (Å²) >= 11 is 0. The van der Waals surface area contributed by atoms with Crippen molar-refractivity contribution in [3.63, 3.8) is 0 Å². The van der Waals surface area contributed by atoms with Gasteiger partial charge in [0.1, 0.15) is 0 Å². The number of nitrogens with one attached hydrogen (secondary N) is 1. The normalized spacial score (nSPS) is 15.9. The van der Waals surface area contributed by atoms with Gasteiger partial charge >= 0.3 is 0 Å². The van der Waals surface area contributed by atoms with Crippen LogP contribution in [0.4, 0.5) is 0 Å². The molecular formula is C17H27N. The van der Waals surface area contributed by atoms with Gasteiger partial charge in [0, 0.05) is 6.04 Å². The molecular weight excluding hydrogens is 218 g/mol. The third-order valence-electron chi connectivity index (χ3n) is 3.93. The molecule has 0 bridgehead atoms. The van der Waals surface area contributed by atoms with Crippen LogP contribution in [0, 0.1) is 5.41 Å². The van der Waals surface area contributed by atoms with Crippen molar-refractivity contribution in [3.05, 3.63) is 35.4 Å². The van der Waals surface area contributed by atoms with Gasteiger partial charge in [-0.05, 0) is 55.2 Å². The van der Waals surface area contributed by atoms with E-state index in [1.807, 2.05) is 0 Å². The van der Waals surface area contributed by atoms with Crippen LogP contribution in [0.1, 0.15) is 51.2 Å². The zero-order valence-corrected chi connectivity index (χ0v) is 12.1. The second-order valence-electron chi connectivity index (χ2n) is 6.49. The Kier molecular flexibility index (Phi) is 4.45. The van der Waals surface area contributed by atoms with Gasteiger partial charge in [0.05, 0.1) is 0 Å². The third-order valence-corrected chi connectivity index (χ3v) is 3.93. The first-order valence-corrected chi connectivity index (χ1v) is 7.40. The van der Waals surface area contributed by atoms with Gasteiger partial charge in [-0.25, -0.2) is 0 Å². The summed E-state index contributed by atoms with van der Waals surface area (Å²) in [5, 5.41) is 3.62. The fraction of sp³-hybridized carbons (Fsp3) is 0.647. The van der Waals surface area contributed by atoms with Gasteiger partial charge in [-0.3, -0.25) is 0 Å². The minimum atomic E-state index is 0.398. The van der Waals surface area contributed by atoms with E-state index >= 15 is 0 Å². The van der Waals surface area contributed by atoms with E-state index in [4.69, 9.17) is 0 Å². The molecule has 1 nitrogen and oxygen atoms in total. The van der Waals surface area contributed by atoms with Crippen LogP contribution < -0.4 is 5.32 Å². The van der Waals surface area contributed by atoms with E-state index in [0.717, 1.165) is 12.5 Å². The number of benzene rings is 1. The minimum absolute atomic E-state index is 0.398. The zero-order chi connectivity index (χ0) is 13.0. The van der Waals surface area contributed by atoms with Crippen molar-refractivity contribution in [1.29, 1.82) is 0 Å². The highest BCUT2D eigenvalue weighted by Gasteiger charge is 2.23. The summed E-state index contributed by atoms with van der Waals surface area (Å²) in [7, 11) is 0. The number of hydrogen-bond donors (Lipinski definition) is 1. The largest absolute Gasteiger partial charge is 0.314 e. The molecule has 1 heteroatoms. The highest BCUT2D eigenvalue weighted by molar-refractivity contribution is 5.23. The first kappa shape index (κ1) is 13.6. The molecule has 18 heavy (non-hydrogen) atoms. The lowest BCUT2D eigenvalue weighted by Gasteiger charge is -2.25.